The Morgan fingerprint density at radius 3 is 1.33 bits per heavy atom. The first-order valence-electron chi connectivity index (χ1n) is 10.2. The van der Waals surface area contributed by atoms with Crippen LogP contribution < -0.4 is 0 Å². The second-order valence-electron chi connectivity index (χ2n) is 7.70. The van der Waals surface area contributed by atoms with Gasteiger partial charge in [0.05, 0.1) is 9.79 Å². The van der Waals surface area contributed by atoms with Gasteiger partial charge < -0.3 is 20.4 Å². The minimum absolute atomic E-state index is 0.0283. The second-order valence-corrected chi connectivity index (χ2v) is 9.58. The molecule has 0 saturated carbocycles. The van der Waals surface area contributed by atoms with Crippen molar-refractivity contribution in [2.45, 2.75) is 22.6 Å². The summed E-state index contributed by atoms with van der Waals surface area (Å²) in [7, 11) is -3.97. The molecule has 0 amide bonds. The molecule has 168 valence electrons. The normalized spacial score (nSPS) is 11.4. The summed E-state index contributed by atoms with van der Waals surface area (Å²) in [6, 6.07) is 21.3. The van der Waals surface area contributed by atoms with Gasteiger partial charge >= 0.3 is 0 Å². The van der Waals surface area contributed by atoms with Crippen molar-refractivity contribution in [3.05, 3.63) is 107 Å². The van der Waals surface area contributed by atoms with Gasteiger partial charge in [-0.05, 0) is 59.7 Å². The van der Waals surface area contributed by atoms with E-state index in [0.29, 0.717) is 22.3 Å². The van der Waals surface area contributed by atoms with E-state index in [0.717, 1.165) is 0 Å². The van der Waals surface area contributed by atoms with Gasteiger partial charge in [0.15, 0.2) is 0 Å². The first-order chi connectivity index (χ1) is 15.8. The maximum atomic E-state index is 13.7. The summed E-state index contributed by atoms with van der Waals surface area (Å²) < 4.78 is 27.5. The molecule has 0 heterocycles. The summed E-state index contributed by atoms with van der Waals surface area (Å²) in [6.45, 7) is 0. The Bertz CT molecular complexity index is 1320. The van der Waals surface area contributed by atoms with Crippen molar-refractivity contribution < 1.29 is 28.8 Å². The van der Waals surface area contributed by atoms with Gasteiger partial charge in [0.2, 0.25) is 9.84 Å². The largest absolute Gasteiger partial charge is 0.508 e. The summed E-state index contributed by atoms with van der Waals surface area (Å²) in [5.74, 6) is -0.140. The first-order valence-corrected chi connectivity index (χ1v) is 11.7. The number of hydrogen-bond acceptors (Lipinski definition) is 6. The van der Waals surface area contributed by atoms with E-state index < -0.39 is 9.84 Å². The fraction of sp³-hybridized carbons (Fsp3) is 0.0769. The molecule has 0 unspecified atom stereocenters. The molecule has 4 aromatic carbocycles. The van der Waals surface area contributed by atoms with Gasteiger partial charge in [-0.3, -0.25) is 0 Å². The minimum Gasteiger partial charge on any atom is -0.508 e. The molecular formula is C26H22O6S. The van der Waals surface area contributed by atoms with Gasteiger partial charge in [-0.2, -0.15) is 0 Å². The Hall–Kier alpha value is -3.97. The molecule has 0 aliphatic heterocycles. The Morgan fingerprint density at radius 2 is 0.909 bits per heavy atom. The third-order valence-electron chi connectivity index (χ3n) is 5.41. The quantitative estimate of drug-likeness (QED) is 0.313. The van der Waals surface area contributed by atoms with Crippen molar-refractivity contribution in [2.75, 3.05) is 0 Å². The van der Waals surface area contributed by atoms with E-state index in [9.17, 15) is 28.8 Å². The van der Waals surface area contributed by atoms with Crippen molar-refractivity contribution in [1.82, 2.24) is 0 Å². The zero-order chi connectivity index (χ0) is 23.6. The predicted octanol–water partition coefficient (Wildman–Crippen LogP) is 4.52. The van der Waals surface area contributed by atoms with Crippen LogP contribution in [0.2, 0.25) is 0 Å². The average molecular weight is 463 g/mol. The molecule has 0 spiro atoms. The van der Waals surface area contributed by atoms with E-state index in [-0.39, 0.29) is 45.6 Å². The number of phenols is 4. The molecule has 0 aromatic heterocycles. The van der Waals surface area contributed by atoms with Crippen molar-refractivity contribution in [1.29, 1.82) is 0 Å². The SMILES string of the molecule is O=S(=O)(c1ccccc1Cc1cc(O)ccc1O)c1ccccc1Cc1cc(O)ccc1O. The lowest BCUT2D eigenvalue weighted by atomic mass is 10.0. The molecule has 0 radical (unpaired) electrons. The van der Waals surface area contributed by atoms with Gasteiger partial charge in [-0.25, -0.2) is 8.42 Å². The summed E-state index contributed by atoms with van der Waals surface area (Å²) in [5.41, 5.74) is 1.73. The lowest BCUT2D eigenvalue weighted by Crippen LogP contribution is -2.09. The molecule has 4 rings (SSSR count). The summed E-state index contributed by atoms with van der Waals surface area (Å²) in [4.78, 5) is 0.167. The number of phenolic OH excluding ortho intramolecular Hbond substituents is 4. The molecule has 0 aliphatic carbocycles. The Kier molecular flexibility index (Phi) is 5.98. The smallest absolute Gasteiger partial charge is 0.207 e. The number of aromatic hydroxyl groups is 4. The lowest BCUT2D eigenvalue weighted by molar-refractivity contribution is 0.455. The monoisotopic (exact) mass is 462 g/mol. The maximum Gasteiger partial charge on any atom is 0.207 e. The molecule has 7 heteroatoms. The van der Waals surface area contributed by atoms with Gasteiger partial charge in [0.25, 0.3) is 0 Å². The van der Waals surface area contributed by atoms with E-state index in [1.807, 2.05) is 0 Å². The molecule has 0 saturated heterocycles. The Balaban J connectivity index is 1.78. The topological polar surface area (TPSA) is 115 Å². The lowest BCUT2D eigenvalue weighted by Gasteiger charge is -2.15. The van der Waals surface area contributed by atoms with Gasteiger partial charge in [0.1, 0.15) is 23.0 Å². The fourth-order valence-electron chi connectivity index (χ4n) is 3.78. The minimum atomic E-state index is -3.97. The zero-order valence-corrected chi connectivity index (χ0v) is 18.3. The highest BCUT2D eigenvalue weighted by Crippen LogP contribution is 2.33. The van der Waals surface area contributed by atoms with E-state index in [4.69, 9.17) is 0 Å². The molecule has 0 fully saturated rings. The van der Waals surface area contributed by atoms with Crippen LogP contribution in [0.25, 0.3) is 0 Å². The zero-order valence-electron chi connectivity index (χ0n) is 17.5. The van der Waals surface area contributed by atoms with E-state index in [1.54, 1.807) is 36.4 Å². The Morgan fingerprint density at radius 1 is 0.515 bits per heavy atom. The number of rotatable bonds is 6. The molecule has 33 heavy (non-hydrogen) atoms. The van der Waals surface area contributed by atoms with E-state index >= 15 is 0 Å². The standard InChI is InChI=1S/C26H22O6S/c27-21-9-11-23(29)19(15-21)13-17-5-1-3-7-25(17)33(31,32)26-8-4-2-6-18(26)14-20-16-22(28)10-12-24(20)30/h1-12,15-16,27-30H,13-14H2. The van der Waals surface area contributed by atoms with Gasteiger partial charge in [0, 0.05) is 24.0 Å². The van der Waals surface area contributed by atoms with Crippen LogP contribution in [0, 0.1) is 0 Å². The van der Waals surface area contributed by atoms with Crippen LogP contribution in [0.4, 0.5) is 0 Å². The van der Waals surface area contributed by atoms with Crippen molar-refractivity contribution in [2.24, 2.45) is 0 Å². The number of hydrogen-bond donors (Lipinski definition) is 4. The molecule has 0 aliphatic rings. The van der Waals surface area contributed by atoms with Crippen molar-refractivity contribution >= 4 is 9.84 Å². The highest BCUT2D eigenvalue weighted by Gasteiger charge is 2.24. The molecule has 4 aromatic rings. The average Bonchev–Trinajstić information content (AvgIpc) is 2.79. The molecular weight excluding hydrogens is 440 g/mol. The molecule has 0 atom stereocenters. The summed E-state index contributed by atoms with van der Waals surface area (Å²) in [6.07, 6.45) is 0.205. The molecule has 4 N–H and O–H groups in total. The van der Waals surface area contributed by atoms with Crippen LogP contribution in [0.3, 0.4) is 0 Å². The van der Waals surface area contributed by atoms with Crippen molar-refractivity contribution in [3.63, 3.8) is 0 Å². The van der Waals surface area contributed by atoms with Crippen LogP contribution >= 0.6 is 0 Å². The van der Waals surface area contributed by atoms with Crippen LogP contribution in [0.1, 0.15) is 22.3 Å². The maximum absolute atomic E-state index is 13.7. The number of sulfone groups is 1. The molecule has 6 nitrogen and oxygen atoms in total. The summed E-state index contributed by atoms with van der Waals surface area (Å²) in [5, 5.41) is 39.9. The van der Waals surface area contributed by atoms with E-state index in [1.165, 1.54) is 48.5 Å². The second kappa shape index (κ2) is 8.88. The van der Waals surface area contributed by atoms with Gasteiger partial charge in [-0.15, -0.1) is 0 Å². The third-order valence-corrected chi connectivity index (χ3v) is 7.37. The third kappa shape index (κ3) is 4.63. The first kappa shape index (κ1) is 22.2. The van der Waals surface area contributed by atoms with Crippen LogP contribution in [0.15, 0.2) is 94.7 Å². The fourth-order valence-corrected chi connectivity index (χ4v) is 5.50. The van der Waals surface area contributed by atoms with Crippen LogP contribution in [-0.2, 0) is 22.7 Å². The van der Waals surface area contributed by atoms with E-state index in [2.05, 4.69) is 0 Å². The van der Waals surface area contributed by atoms with Gasteiger partial charge in [-0.1, -0.05) is 36.4 Å². The summed E-state index contributed by atoms with van der Waals surface area (Å²) >= 11 is 0. The predicted molar refractivity (Wildman–Crippen MR) is 123 cm³/mol. The molecule has 0 bridgehead atoms. The highest BCUT2D eigenvalue weighted by molar-refractivity contribution is 7.91. The van der Waals surface area contributed by atoms with Crippen LogP contribution in [-0.4, -0.2) is 28.8 Å². The number of benzene rings is 4. The highest BCUT2D eigenvalue weighted by atomic mass is 32.2. The Labute approximate surface area is 191 Å². The van der Waals surface area contributed by atoms with Crippen molar-refractivity contribution in [3.8, 4) is 23.0 Å². The van der Waals surface area contributed by atoms with Crippen LogP contribution in [0.5, 0.6) is 23.0 Å².